The Morgan fingerprint density at radius 2 is 1.47 bits per heavy atom. The highest BCUT2D eigenvalue weighted by Gasteiger charge is 2.37. The molecule has 1 aliphatic heterocycles. The summed E-state index contributed by atoms with van der Waals surface area (Å²) in [6.45, 7) is 2.14. The molecule has 0 aromatic heterocycles. The van der Waals surface area contributed by atoms with Gasteiger partial charge in [0.15, 0.2) is 0 Å². The second kappa shape index (κ2) is 33.9. The quantitative estimate of drug-likeness (QED) is 0.0307. The molecule has 6 amide bonds. The van der Waals surface area contributed by atoms with E-state index >= 15 is 0 Å². The van der Waals surface area contributed by atoms with Gasteiger partial charge < -0.3 is 46.1 Å². The SMILES string of the molecule is CCCCCC/C=C\CCCCCCCC(=O)NC[C@H](NC(=O)COCCOCCNC(=O)[C@H](Cc1ccccc1)NC(=O)[C@@H]1CCCN1C(=O)c1ccc(OC)c(S(=O)(=O)NCc2ccc(Cl)cc2)c1)C(N)=O. The number of carbonyl (C=O) groups is 6. The number of rotatable bonds is 36. The molecule has 0 spiro atoms. The minimum absolute atomic E-state index is 0.0212. The maximum absolute atomic E-state index is 14.0. The van der Waals surface area contributed by atoms with E-state index in [1.54, 1.807) is 24.3 Å². The zero-order chi connectivity index (χ0) is 53.6. The van der Waals surface area contributed by atoms with E-state index in [2.05, 4.69) is 45.1 Å². The van der Waals surface area contributed by atoms with Gasteiger partial charge in [-0.25, -0.2) is 13.1 Å². The van der Waals surface area contributed by atoms with E-state index in [0.717, 1.165) is 50.5 Å². The van der Waals surface area contributed by atoms with Gasteiger partial charge in [-0.05, 0) is 86.4 Å². The number of amides is 6. The number of methoxy groups -OCH3 is 1. The zero-order valence-electron chi connectivity index (χ0n) is 42.9. The van der Waals surface area contributed by atoms with E-state index in [9.17, 15) is 37.2 Å². The van der Waals surface area contributed by atoms with Gasteiger partial charge >= 0.3 is 0 Å². The molecule has 0 bridgehead atoms. The Balaban J connectivity index is 1.16. The van der Waals surface area contributed by atoms with Crippen molar-refractivity contribution < 1.29 is 51.4 Å². The number of primary amides is 1. The summed E-state index contributed by atoms with van der Waals surface area (Å²) in [6, 6.07) is 16.8. The molecular formula is C54H76ClN7O11S. The molecule has 1 saturated heterocycles. The van der Waals surface area contributed by atoms with Crippen LogP contribution in [0.5, 0.6) is 5.75 Å². The van der Waals surface area contributed by atoms with E-state index in [-0.39, 0.29) is 81.1 Å². The monoisotopic (exact) mass is 1070 g/mol. The summed E-state index contributed by atoms with van der Waals surface area (Å²) < 4.78 is 45.8. The molecule has 0 unspecified atom stereocenters. The van der Waals surface area contributed by atoms with E-state index in [0.29, 0.717) is 29.8 Å². The Morgan fingerprint density at radius 1 is 0.784 bits per heavy atom. The molecule has 1 fully saturated rings. The summed E-state index contributed by atoms with van der Waals surface area (Å²) in [5.41, 5.74) is 6.96. The van der Waals surface area contributed by atoms with Crippen molar-refractivity contribution in [3.05, 3.63) is 107 Å². The van der Waals surface area contributed by atoms with Crippen LogP contribution in [0.15, 0.2) is 89.8 Å². The topological polar surface area (TPSA) is 254 Å². The fraction of sp³-hybridized carbons (Fsp3) is 0.519. The molecule has 4 rings (SSSR count). The summed E-state index contributed by atoms with van der Waals surface area (Å²) >= 11 is 5.97. The maximum Gasteiger partial charge on any atom is 0.254 e. The van der Waals surface area contributed by atoms with Crippen molar-refractivity contribution in [1.82, 2.24) is 30.9 Å². The molecule has 0 saturated carbocycles. The van der Waals surface area contributed by atoms with Crippen molar-refractivity contribution in [1.29, 1.82) is 0 Å². The average Bonchev–Trinajstić information content (AvgIpc) is 3.89. The minimum Gasteiger partial charge on any atom is -0.495 e. The highest BCUT2D eigenvalue weighted by atomic mass is 35.5. The molecule has 18 nitrogen and oxygen atoms in total. The number of benzene rings is 3. The molecule has 3 aromatic rings. The molecule has 7 N–H and O–H groups in total. The lowest BCUT2D eigenvalue weighted by molar-refractivity contribution is -0.131. The number of nitrogens with two attached hydrogens (primary N) is 1. The molecule has 20 heteroatoms. The lowest BCUT2D eigenvalue weighted by atomic mass is 10.0. The van der Waals surface area contributed by atoms with E-state index in [1.807, 2.05) is 30.3 Å². The van der Waals surface area contributed by atoms with Gasteiger partial charge in [0.25, 0.3) is 5.91 Å². The summed E-state index contributed by atoms with van der Waals surface area (Å²) in [5, 5.41) is 11.3. The average molecular weight is 1070 g/mol. The minimum atomic E-state index is -4.17. The Bertz CT molecular complexity index is 2370. The third kappa shape index (κ3) is 22.3. The number of hydrogen-bond acceptors (Lipinski definition) is 11. The predicted octanol–water partition coefficient (Wildman–Crippen LogP) is 5.65. The summed E-state index contributed by atoms with van der Waals surface area (Å²) in [4.78, 5) is 79.5. The molecule has 0 radical (unpaired) electrons. The third-order valence-electron chi connectivity index (χ3n) is 12.3. The van der Waals surface area contributed by atoms with Gasteiger partial charge in [0.1, 0.15) is 35.4 Å². The fourth-order valence-corrected chi connectivity index (χ4v) is 9.51. The normalized spacial score (nSPS) is 14.3. The van der Waals surface area contributed by atoms with Crippen LogP contribution in [0, 0.1) is 0 Å². The van der Waals surface area contributed by atoms with Gasteiger partial charge in [-0.3, -0.25) is 28.8 Å². The maximum atomic E-state index is 14.0. The van der Waals surface area contributed by atoms with Crippen LogP contribution in [0.2, 0.25) is 5.02 Å². The first kappa shape index (κ1) is 60.7. The highest BCUT2D eigenvalue weighted by molar-refractivity contribution is 7.89. The second-order valence-electron chi connectivity index (χ2n) is 18.1. The number of nitrogens with one attached hydrogen (secondary N) is 5. The van der Waals surface area contributed by atoms with Crippen LogP contribution >= 0.6 is 11.6 Å². The van der Waals surface area contributed by atoms with Crippen LogP contribution in [0.1, 0.15) is 118 Å². The van der Waals surface area contributed by atoms with Crippen LogP contribution in [-0.4, -0.2) is 120 Å². The molecule has 3 atom stereocenters. The van der Waals surface area contributed by atoms with Gasteiger partial charge in [-0.1, -0.05) is 112 Å². The van der Waals surface area contributed by atoms with E-state index in [1.165, 1.54) is 55.9 Å². The van der Waals surface area contributed by atoms with Crippen LogP contribution in [0.25, 0.3) is 0 Å². The number of nitrogens with zero attached hydrogens (tertiary/aromatic N) is 1. The van der Waals surface area contributed by atoms with Crippen molar-refractivity contribution >= 4 is 57.1 Å². The second-order valence-corrected chi connectivity index (χ2v) is 20.3. The molecule has 1 aliphatic rings. The number of allylic oxidation sites excluding steroid dienone is 2. The van der Waals surface area contributed by atoms with Crippen molar-refractivity contribution in [2.45, 2.75) is 133 Å². The molecule has 3 aromatic carbocycles. The lowest BCUT2D eigenvalue weighted by Crippen LogP contribution is -2.54. The fourth-order valence-electron chi connectivity index (χ4n) is 8.17. The predicted molar refractivity (Wildman–Crippen MR) is 284 cm³/mol. The summed E-state index contributed by atoms with van der Waals surface area (Å²) in [7, 11) is -2.85. The van der Waals surface area contributed by atoms with Crippen LogP contribution in [0.3, 0.4) is 0 Å². The van der Waals surface area contributed by atoms with E-state index in [4.69, 9.17) is 31.5 Å². The molecule has 1 heterocycles. The number of halogens is 1. The van der Waals surface area contributed by atoms with Gasteiger partial charge in [0, 0.05) is 49.6 Å². The Morgan fingerprint density at radius 3 is 2.18 bits per heavy atom. The van der Waals surface area contributed by atoms with Crippen LogP contribution < -0.4 is 36.5 Å². The zero-order valence-corrected chi connectivity index (χ0v) is 44.5. The Hall–Kier alpha value is -5.86. The standard InChI is InChI=1S/C54H76ClN7O11S/c1-3-4-5-6-7-8-9-10-11-12-13-14-18-23-49(63)58-38-45(51(56)65)60-50(64)39-73-34-33-72-32-30-57-52(66)44(35-40-20-16-15-17-21-40)61-53(67)46-22-19-31-62(46)54(68)42-26-29-47(71-2)48(36-42)74(69,70)59-37-41-24-27-43(55)28-25-41/h8-9,15-17,20-21,24-29,36,44-46,59H,3-7,10-14,18-19,22-23,30-35,37-39H2,1-2H3,(H2,56,65)(H,57,66)(H,58,63)(H,60,64)(H,61,67)/b9-8-/t44-,45-,46-/m0/s1. The Kier molecular flexibility index (Phi) is 27.8. The smallest absolute Gasteiger partial charge is 0.254 e. The molecule has 0 aliphatic carbocycles. The van der Waals surface area contributed by atoms with Crippen LogP contribution in [0.4, 0.5) is 0 Å². The molecular weight excluding hydrogens is 990 g/mol. The summed E-state index contributed by atoms with van der Waals surface area (Å²) in [5.74, 6) is -3.17. The largest absolute Gasteiger partial charge is 0.495 e. The number of ether oxygens (including phenoxy) is 3. The lowest BCUT2D eigenvalue weighted by Gasteiger charge is -2.27. The first-order valence-corrected chi connectivity index (χ1v) is 27.6. The Labute approximate surface area is 441 Å². The van der Waals surface area contributed by atoms with Crippen molar-refractivity contribution in [2.24, 2.45) is 5.73 Å². The number of likely N-dealkylation sites (tertiary alicyclic amines) is 1. The number of unbranched alkanes of at least 4 members (excludes halogenated alkanes) is 9. The first-order chi connectivity index (χ1) is 35.7. The number of hydrogen-bond donors (Lipinski definition) is 6. The van der Waals surface area contributed by atoms with Gasteiger partial charge in [-0.15, -0.1) is 0 Å². The highest BCUT2D eigenvalue weighted by Crippen LogP contribution is 2.28. The summed E-state index contributed by atoms with van der Waals surface area (Å²) in [6.07, 6.45) is 18.1. The molecule has 406 valence electrons. The number of sulfonamides is 1. The van der Waals surface area contributed by atoms with Gasteiger partial charge in [0.05, 0.1) is 26.9 Å². The van der Waals surface area contributed by atoms with Crippen molar-refractivity contribution in [2.75, 3.05) is 53.2 Å². The van der Waals surface area contributed by atoms with Gasteiger partial charge in [0.2, 0.25) is 39.6 Å². The number of carbonyl (C=O) groups excluding carboxylic acids is 6. The van der Waals surface area contributed by atoms with Gasteiger partial charge in [-0.2, -0.15) is 0 Å². The molecule has 74 heavy (non-hydrogen) atoms. The van der Waals surface area contributed by atoms with Crippen molar-refractivity contribution in [3.8, 4) is 5.75 Å². The third-order valence-corrected chi connectivity index (χ3v) is 14.0. The van der Waals surface area contributed by atoms with Crippen molar-refractivity contribution in [3.63, 3.8) is 0 Å². The van der Waals surface area contributed by atoms with Crippen LogP contribution in [-0.2, 0) is 56.4 Å². The first-order valence-electron chi connectivity index (χ1n) is 25.7. The van der Waals surface area contributed by atoms with E-state index < -0.39 is 57.7 Å².